The lowest BCUT2D eigenvalue weighted by Gasteiger charge is -2.19. The first kappa shape index (κ1) is 18.8. The van der Waals surface area contributed by atoms with E-state index in [2.05, 4.69) is 20.4 Å². The first-order valence-electron chi connectivity index (χ1n) is 8.81. The third-order valence-electron chi connectivity index (χ3n) is 4.20. The van der Waals surface area contributed by atoms with Gasteiger partial charge in [-0.15, -0.1) is 0 Å². The Balaban J connectivity index is 1.74. The maximum Gasteiger partial charge on any atom is 0.321 e. The zero-order valence-corrected chi connectivity index (χ0v) is 15.2. The number of carbonyl (C=O) groups excluding carboxylic acids is 1. The molecule has 2 atom stereocenters. The van der Waals surface area contributed by atoms with Gasteiger partial charge in [0.1, 0.15) is 12.3 Å². The molecule has 0 saturated heterocycles. The van der Waals surface area contributed by atoms with E-state index in [4.69, 9.17) is 4.52 Å². The molecule has 27 heavy (non-hydrogen) atoms. The molecule has 0 radical (unpaired) electrons. The predicted molar refractivity (Wildman–Crippen MR) is 99.2 cm³/mol. The van der Waals surface area contributed by atoms with E-state index in [9.17, 15) is 14.7 Å². The van der Waals surface area contributed by atoms with E-state index in [1.807, 2.05) is 38.1 Å². The first-order valence-corrected chi connectivity index (χ1v) is 8.81. The van der Waals surface area contributed by atoms with Crippen LogP contribution in [0, 0.1) is 5.92 Å². The summed E-state index contributed by atoms with van der Waals surface area (Å²) in [5.41, 5.74) is 2.15. The van der Waals surface area contributed by atoms with Crippen LogP contribution in [0.1, 0.15) is 26.0 Å². The Morgan fingerprint density at radius 1 is 1.37 bits per heavy atom. The summed E-state index contributed by atoms with van der Waals surface area (Å²) in [6, 6.07) is 7.78. The molecule has 0 bridgehead atoms. The van der Waals surface area contributed by atoms with E-state index in [1.54, 1.807) is 6.07 Å². The summed E-state index contributed by atoms with van der Waals surface area (Å²) < 4.78 is 5.32. The van der Waals surface area contributed by atoms with Gasteiger partial charge in [0.15, 0.2) is 5.82 Å². The summed E-state index contributed by atoms with van der Waals surface area (Å²) in [4.78, 5) is 30.4. The van der Waals surface area contributed by atoms with Crippen molar-refractivity contribution in [2.45, 2.75) is 38.8 Å². The van der Waals surface area contributed by atoms with Gasteiger partial charge < -0.3 is 19.4 Å². The van der Waals surface area contributed by atoms with Crippen LogP contribution in [0.3, 0.4) is 0 Å². The Labute approximate surface area is 156 Å². The van der Waals surface area contributed by atoms with Crippen LogP contribution in [0.25, 0.3) is 22.6 Å². The van der Waals surface area contributed by atoms with Crippen molar-refractivity contribution in [1.82, 2.24) is 20.4 Å². The standard InChI is InChI=1S/C19H22N4O4/c1-11(2)7-13(10-24)20-16(19(25)26)8-12-9-17(27-23-12)18-21-14-5-3-4-6-15(14)22-18/h3-6,9-11,13,16,20H,7-8H2,1-2H3,(H,21,22)(H,25,26)/t13-,16-/m0/s1. The highest BCUT2D eigenvalue weighted by Gasteiger charge is 2.24. The number of aromatic nitrogens is 3. The summed E-state index contributed by atoms with van der Waals surface area (Å²) in [5, 5.41) is 16.3. The number of H-pyrrole nitrogens is 1. The molecule has 8 nitrogen and oxygen atoms in total. The molecule has 2 aromatic heterocycles. The Bertz CT molecular complexity index is 898. The van der Waals surface area contributed by atoms with E-state index < -0.39 is 18.1 Å². The summed E-state index contributed by atoms with van der Waals surface area (Å²) in [5.74, 6) is 0.188. The first-order chi connectivity index (χ1) is 13.0. The Morgan fingerprint density at radius 3 is 2.81 bits per heavy atom. The number of carbonyl (C=O) groups is 2. The second-order valence-corrected chi connectivity index (χ2v) is 6.92. The monoisotopic (exact) mass is 370 g/mol. The number of carboxylic acid groups (broad SMARTS) is 1. The number of hydrogen-bond acceptors (Lipinski definition) is 6. The number of imidazole rings is 1. The predicted octanol–water partition coefficient (Wildman–Crippen LogP) is 2.42. The minimum absolute atomic E-state index is 0.0987. The number of nitrogens with zero attached hydrogens (tertiary/aromatic N) is 2. The fraction of sp³-hybridized carbons (Fsp3) is 0.368. The highest BCUT2D eigenvalue weighted by atomic mass is 16.5. The van der Waals surface area contributed by atoms with Crippen LogP contribution in [0.15, 0.2) is 34.9 Å². The van der Waals surface area contributed by atoms with Gasteiger partial charge >= 0.3 is 5.97 Å². The van der Waals surface area contributed by atoms with Crippen molar-refractivity contribution in [3.63, 3.8) is 0 Å². The molecule has 0 fully saturated rings. The second-order valence-electron chi connectivity index (χ2n) is 6.92. The van der Waals surface area contributed by atoms with Gasteiger partial charge in [-0.1, -0.05) is 31.1 Å². The van der Waals surface area contributed by atoms with Gasteiger partial charge in [-0.3, -0.25) is 10.1 Å². The second kappa shape index (κ2) is 8.13. The van der Waals surface area contributed by atoms with E-state index in [0.717, 1.165) is 17.3 Å². The molecule has 0 aliphatic rings. The largest absolute Gasteiger partial charge is 0.480 e. The van der Waals surface area contributed by atoms with Crippen molar-refractivity contribution >= 4 is 23.3 Å². The molecule has 3 rings (SSSR count). The van der Waals surface area contributed by atoms with Crippen LogP contribution in [-0.2, 0) is 16.0 Å². The molecular weight excluding hydrogens is 348 g/mol. The third-order valence-corrected chi connectivity index (χ3v) is 4.20. The maximum atomic E-state index is 11.6. The van der Waals surface area contributed by atoms with Crippen molar-refractivity contribution < 1.29 is 19.2 Å². The Kier molecular flexibility index (Phi) is 5.66. The normalized spacial score (nSPS) is 13.7. The number of carboxylic acids is 1. The van der Waals surface area contributed by atoms with Crippen LogP contribution in [0.4, 0.5) is 0 Å². The van der Waals surface area contributed by atoms with E-state index in [0.29, 0.717) is 23.7 Å². The van der Waals surface area contributed by atoms with Gasteiger partial charge in [0.2, 0.25) is 5.76 Å². The molecule has 1 aromatic carbocycles. The number of hydrogen-bond donors (Lipinski definition) is 3. The number of rotatable bonds is 9. The number of benzene rings is 1. The van der Waals surface area contributed by atoms with Crippen molar-refractivity contribution in [2.24, 2.45) is 5.92 Å². The van der Waals surface area contributed by atoms with Crippen LogP contribution < -0.4 is 5.32 Å². The lowest BCUT2D eigenvalue weighted by molar-refractivity contribution is -0.139. The molecule has 0 spiro atoms. The Hall–Kier alpha value is -3.00. The molecule has 0 saturated carbocycles. The van der Waals surface area contributed by atoms with Crippen LogP contribution in [-0.4, -0.2) is 44.6 Å². The lowest BCUT2D eigenvalue weighted by atomic mass is 10.0. The minimum Gasteiger partial charge on any atom is -0.480 e. The van der Waals surface area contributed by atoms with E-state index >= 15 is 0 Å². The topological polar surface area (TPSA) is 121 Å². The fourth-order valence-corrected chi connectivity index (χ4v) is 2.94. The zero-order chi connectivity index (χ0) is 19.4. The zero-order valence-electron chi connectivity index (χ0n) is 15.2. The van der Waals surface area contributed by atoms with Crippen LogP contribution >= 0.6 is 0 Å². The summed E-state index contributed by atoms with van der Waals surface area (Å²) in [6.07, 6.45) is 1.41. The number of aliphatic carboxylic acids is 1. The number of aromatic amines is 1. The summed E-state index contributed by atoms with van der Waals surface area (Å²) in [6.45, 7) is 3.95. The SMILES string of the molecule is CC(C)C[C@@H](C=O)N[C@@H](Cc1cc(-c2nc3ccccc3[nH]2)on1)C(=O)O. The minimum atomic E-state index is -1.04. The van der Waals surface area contributed by atoms with E-state index in [-0.39, 0.29) is 12.3 Å². The molecule has 142 valence electrons. The molecule has 0 amide bonds. The van der Waals surface area contributed by atoms with Gasteiger partial charge in [-0.05, 0) is 24.5 Å². The lowest BCUT2D eigenvalue weighted by Crippen LogP contribution is -2.46. The average Bonchev–Trinajstić information content (AvgIpc) is 3.26. The average molecular weight is 370 g/mol. The molecular formula is C19H22N4O4. The molecule has 2 heterocycles. The maximum absolute atomic E-state index is 11.6. The van der Waals surface area contributed by atoms with Gasteiger partial charge in [0.05, 0.1) is 22.8 Å². The van der Waals surface area contributed by atoms with Gasteiger partial charge in [0.25, 0.3) is 0 Å². The quantitative estimate of drug-likeness (QED) is 0.495. The summed E-state index contributed by atoms with van der Waals surface area (Å²) in [7, 11) is 0. The highest BCUT2D eigenvalue weighted by Crippen LogP contribution is 2.21. The third kappa shape index (κ3) is 4.59. The molecule has 3 aromatic rings. The number of fused-ring (bicyclic) bond motifs is 1. The van der Waals surface area contributed by atoms with Crippen molar-refractivity contribution in [3.8, 4) is 11.6 Å². The number of nitrogens with one attached hydrogen (secondary N) is 2. The van der Waals surface area contributed by atoms with Gasteiger partial charge in [-0.2, -0.15) is 0 Å². The van der Waals surface area contributed by atoms with Crippen LogP contribution in [0.5, 0.6) is 0 Å². The van der Waals surface area contributed by atoms with Crippen molar-refractivity contribution in [1.29, 1.82) is 0 Å². The van der Waals surface area contributed by atoms with Gasteiger partial charge in [0, 0.05) is 12.5 Å². The highest BCUT2D eigenvalue weighted by molar-refractivity contribution is 5.78. The Morgan fingerprint density at radius 2 is 2.15 bits per heavy atom. The molecule has 0 unspecified atom stereocenters. The number of para-hydroxylation sites is 2. The molecule has 3 N–H and O–H groups in total. The van der Waals surface area contributed by atoms with Gasteiger partial charge in [-0.25, -0.2) is 4.98 Å². The smallest absolute Gasteiger partial charge is 0.321 e. The summed E-state index contributed by atoms with van der Waals surface area (Å²) >= 11 is 0. The number of aldehydes is 1. The molecule has 0 aliphatic heterocycles. The molecule has 0 aliphatic carbocycles. The van der Waals surface area contributed by atoms with Crippen LogP contribution in [0.2, 0.25) is 0 Å². The van der Waals surface area contributed by atoms with Crippen molar-refractivity contribution in [2.75, 3.05) is 0 Å². The van der Waals surface area contributed by atoms with Crippen molar-refractivity contribution in [3.05, 3.63) is 36.0 Å². The molecule has 8 heteroatoms. The fourth-order valence-electron chi connectivity index (χ4n) is 2.94. The van der Waals surface area contributed by atoms with E-state index in [1.165, 1.54) is 0 Å².